The fraction of sp³-hybridized carbons (Fsp3) is 0.905. The quantitative estimate of drug-likeness (QED) is 0.693. The molecule has 26 heavy (non-hydrogen) atoms. The lowest BCUT2D eigenvalue weighted by Crippen LogP contribution is -2.61. The summed E-state index contributed by atoms with van der Waals surface area (Å²) in [6, 6.07) is 0. The summed E-state index contributed by atoms with van der Waals surface area (Å²) >= 11 is 0. The zero-order valence-electron chi connectivity index (χ0n) is 15.9. The van der Waals surface area contributed by atoms with Gasteiger partial charge in [0.15, 0.2) is 5.78 Å². The molecule has 0 spiro atoms. The highest BCUT2D eigenvalue weighted by Crippen LogP contribution is 2.66. The Morgan fingerprint density at radius 1 is 1.08 bits per heavy atom. The van der Waals surface area contributed by atoms with Gasteiger partial charge in [0.1, 0.15) is 12.4 Å². The lowest BCUT2D eigenvalue weighted by molar-refractivity contribution is -0.180. The topological polar surface area (TPSA) is 94.8 Å². The first-order valence-corrected chi connectivity index (χ1v) is 10.2. The van der Waals surface area contributed by atoms with E-state index >= 15 is 0 Å². The van der Waals surface area contributed by atoms with Crippen LogP contribution in [0.15, 0.2) is 0 Å². The highest BCUT2D eigenvalue weighted by atomic mass is 16.3. The molecule has 5 nitrogen and oxygen atoms in total. The maximum absolute atomic E-state index is 13.4. The van der Waals surface area contributed by atoms with Crippen LogP contribution in [0.3, 0.4) is 0 Å². The molecule has 0 heterocycles. The van der Waals surface area contributed by atoms with Gasteiger partial charge in [0.25, 0.3) is 0 Å². The molecule has 5 heteroatoms. The molecular formula is C21H32O5. The molecule has 9 atom stereocenters. The minimum Gasteiger partial charge on any atom is -0.393 e. The van der Waals surface area contributed by atoms with E-state index in [2.05, 4.69) is 13.8 Å². The monoisotopic (exact) mass is 364 g/mol. The number of ketones is 2. The number of rotatable bonds is 2. The lowest BCUT2D eigenvalue weighted by Gasteiger charge is -2.61. The van der Waals surface area contributed by atoms with Gasteiger partial charge in [-0.05, 0) is 67.1 Å². The van der Waals surface area contributed by atoms with Crippen LogP contribution in [0.2, 0.25) is 0 Å². The number of aliphatic hydroxyl groups is 3. The van der Waals surface area contributed by atoms with Crippen molar-refractivity contribution in [2.75, 3.05) is 6.61 Å². The van der Waals surface area contributed by atoms with Gasteiger partial charge >= 0.3 is 0 Å². The smallest absolute Gasteiger partial charge is 0.161 e. The second kappa shape index (κ2) is 6.11. The van der Waals surface area contributed by atoms with Crippen LogP contribution < -0.4 is 0 Å². The summed E-state index contributed by atoms with van der Waals surface area (Å²) in [4.78, 5) is 25.7. The van der Waals surface area contributed by atoms with Crippen LogP contribution in [0.5, 0.6) is 0 Å². The standard InChI is InChI=1S/C21H32O5/c1-20-6-5-11(23)7-15(20)16(24)8-12-13-3-4-14(18(26)10-22)21(13,2)9-17(25)19(12)20/h11-16,19,22-24H,3-10H2,1-2H3/t11-,12+,13+,14-,15+,16+,19-,20+,21+/m1/s1. The van der Waals surface area contributed by atoms with Gasteiger partial charge in [0.05, 0.1) is 12.2 Å². The number of carbonyl (C=O) groups is 2. The van der Waals surface area contributed by atoms with E-state index in [1.54, 1.807) is 0 Å². The van der Waals surface area contributed by atoms with Crippen LogP contribution in [0.1, 0.15) is 58.8 Å². The molecule has 4 aliphatic rings. The Labute approximate surface area is 155 Å². The molecule has 0 aromatic carbocycles. The average molecular weight is 364 g/mol. The predicted molar refractivity (Wildman–Crippen MR) is 95.1 cm³/mol. The molecule has 0 radical (unpaired) electrons. The lowest BCUT2D eigenvalue weighted by atomic mass is 9.43. The first kappa shape index (κ1) is 18.6. The first-order valence-electron chi connectivity index (χ1n) is 10.2. The molecule has 4 saturated carbocycles. The molecule has 4 rings (SSSR count). The van der Waals surface area contributed by atoms with Crippen LogP contribution >= 0.6 is 0 Å². The Morgan fingerprint density at radius 3 is 2.50 bits per heavy atom. The largest absolute Gasteiger partial charge is 0.393 e. The van der Waals surface area contributed by atoms with Gasteiger partial charge in [0.2, 0.25) is 0 Å². The van der Waals surface area contributed by atoms with E-state index in [4.69, 9.17) is 0 Å². The summed E-state index contributed by atoms with van der Waals surface area (Å²) in [7, 11) is 0. The number of carbonyl (C=O) groups excluding carboxylic acids is 2. The highest BCUT2D eigenvalue weighted by molar-refractivity contribution is 5.88. The molecule has 3 N–H and O–H groups in total. The van der Waals surface area contributed by atoms with Gasteiger partial charge < -0.3 is 15.3 Å². The molecule has 146 valence electrons. The van der Waals surface area contributed by atoms with E-state index in [1.165, 1.54) is 0 Å². The maximum Gasteiger partial charge on any atom is 0.161 e. The van der Waals surface area contributed by atoms with Crippen LogP contribution in [0.25, 0.3) is 0 Å². The van der Waals surface area contributed by atoms with Gasteiger partial charge in [-0.3, -0.25) is 9.59 Å². The van der Waals surface area contributed by atoms with Crippen molar-refractivity contribution < 1.29 is 24.9 Å². The third-order valence-electron chi connectivity index (χ3n) is 8.88. The summed E-state index contributed by atoms with van der Waals surface area (Å²) in [6.45, 7) is 3.76. The normalized spacial score (nSPS) is 53.6. The molecule has 0 unspecified atom stereocenters. The summed E-state index contributed by atoms with van der Waals surface area (Å²) < 4.78 is 0. The predicted octanol–water partition coefficient (Wildman–Crippen LogP) is 1.72. The number of hydrogen-bond donors (Lipinski definition) is 3. The van der Waals surface area contributed by atoms with Crippen LogP contribution in [-0.2, 0) is 9.59 Å². The molecule has 0 amide bonds. The number of hydrogen-bond acceptors (Lipinski definition) is 5. The number of fused-ring (bicyclic) bond motifs is 5. The SMILES string of the molecule is C[C@]12CC[C@@H](O)C[C@H]1[C@@H](O)C[C@H]1[C@@H]3CC[C@H](C(=O)CO)[C@@]3(C)CC(=O)[C@@H]12. The number of Topliss-reactive ketones (excluding diaryl/α,β-unsaturated/α-hetero) is 2. The van der Waals surface area contributed by atoms with Crippen molar-refractivity contribution in [2.24, 2.45) is 40.4 Å². The fourth-order valence-electron chi connectivity index (χ4n) is 7.74. The molecule has 0 aromatic heterocycles. The third-order valence-corrected chi connectivity index (χ3v) is 8.88. The van der Waals surface area contributed by atoms with E-state index < -0.39 is 12.7 Å². The van der Waals surface area contributed by atoms with Gasteiger partial charge in [-0.25, -0.2) is 0 Å². The van der Waals surface area contributed by atoms with E-state index in [0.29, 0.717) is 25.7 Å². The van der Waals surface area contributed by atoms with Crippen molar-refractivity contribution in [3.05, 3.63) is 0 Å². The molecule has 0 aliphatic heterocycles. The molecule has 4 aliphatic carbocycles. The van der Waals surface area contributed by atoms with E-state index in [9.17, 15) is 24.9 Å². The summed E-state index contributed by atoms with van der Waals surface area (Å²) in [6.07, 6.45) is 3.86. The minimum atomic E-state index is -0.487. The Bertz CT molecular complexity index is 618. The van der Waals surface area contributed by atoms with E-state index in [0.717, 1.165) is 19.3 Å². The maximum atomic E-state index is 13.4. The Morgan fingerprint density at radius 2 is 1.81 bits per heavy atom. The van der Waals surface area contributed by atoms with Crippen molar-refractivity contribution in [1.82, 2.24) is 0 Å². The third kappa shape index (κ3) is 2.39. The van der Waals surface area contributed by atoms with Crippen LogP contribution in [0, 0.1) is 40.4 Å². The van der Waals surface area contributed by atoms with E-state index in [1.807, 2.05) is 0 Å². The van der Waals surface area contributed by atoms with Crippen molar-refractivity contribution in [2.45, 2.75) is 71.0 Å². The van der Waals surface area contributed by atoms with Gasteiger partial charge in [0, 0.05) is 18.3 Å². The van der Waals surface area contributed by atoms with Crippen molar-refractivity contribution in [1.29, 1.82) is 0 Å². The Balaban J connectivity index is 1.70. The zero-order valence-corrected chi connectivity index (χ0v) is 15.9. The fourth-order valence-corrected chi connectivity index (χ4v) is 7.74. The summed E-state index contributed by atoms with van der Waals surface area (Å²) in [5.74, 6) is 0.152. The van der Waals surface area contributed by atoms with Crippen molar-refractivity contribution in [3.8, 4) is 0 Å². The molecular weight excluding hydrogens is 332 g/mol. The second-order valence-corrected chi connectivity index (χ2v) is 9.99. The van der Waals surface area contributed by atoms with Gasteiger partial charge in [-0.15, -0.1) is 0 Å². The molecule has 0 aromatic rings. The Hall–Kier alpha value is -0.780. The first-order chi connectivity index (χ1) is 12.2. The van der Waals surface area contributed by atoms with Gasteiger partial charge in [-0.2, -0.15) is 0 Å². The molecule has 0 saturated heterocycles. The zero-order chi connectivity index (χ0) is 18.9. The van der Waals surface area contributed by atoms with Gasteiger partial charge in [-0.1, -0.05) is 13.8 Å². The minimum absolute atomic E-state index is 0.0166. The van der Waals surface area contributed by atoms with Crippen LogP contribution in [0.4, 0.5) is 0 Å². The van der Waals surface area contributed by atoms with Crippen LogP contribution in [-0.4, -0.2) is 45.7 Å². The van der Waals surface area contributed by atoms with Crippen molar-refractivity contribution in [3.63, 3.8) is 0 Å². The summed E-state index contributed by atoms with van der Waals surface area (Å²) in [5.41, 5.74) is -0.631. The Kier molecular flexibility index (Phi) is 4.37. The highest BCUT2D eigenvalue weighted by Gasteiger charge is 2.65. The average Bonchev–Trinajstić information content (AvgIpc) is 2.92. The summed E-state index contributed by atoms with van der Waals surface area (Å²) in [5, 5.41) is 30.4. The second-order valence-electron chi connectivity index (χ2n) is 9.99. The van der Waals surface area contributed by atoms with E-state index in [-0.39, 0.29) is 58.1 Å². The number of aliphatic hydroxyl groups excluding tert-OH is 3. The van der Waals surface area contributed by atoms with Crippen molar-refractivity contribution >= 4 is 11.6 Å². The molecule has 0 bridgehead atoms. The molecule has 4 fully saturated rings.